The average Bonchev–Trinajstić information content (AvgIpc) is 3.18. The van der Waals surface area contributed by atoms with Crippen LogP contribution in [0.5, 0.6) is 5.75 Å². The number of pyridine rings is 1. The van der Waals surface area contributed by atoms with Crippen LogP contribution in [0.1, 0.15) is 39.3 Å². The lowest BCUT2D eigenvalue weighted by Crippen LogP contribution is -2.27. The quantitative estimate of drug-likeness (QED) is 0.782. The van der Waals surface area contributed by atoms with Crippen LogP contribution in [0.25, 0.3) is 10.9 Å². The maximum atomic E-state index is 5.54. The first-order chi connectivity index (χ1) is 8.98. The van der Waals surface area contributed by atoms with Crippen molar-refractivity contribution in [2.24, 2.45) is 5.41 Å². The van der Waals surface area contributed by atoms with E-state index in [4.69, 9.17) is 21.1 Å². The van der Waals surface area contributed by atoms with Crippen LogP contribution >= 0.6 is 11.9 Å². The number of hydrogen-bond acceptors (Lipinski definition) is 2. The summed E-state index contributed by atoms with van der Waals surface area (Å²) in [4.78, 5) is 4.84. The van der Waals surface area contributed by atoms with Gasteiger partial charge in [-0.3, -0.25) is 0 Å². The summed E-state index contributed by atoms with van der Waals surface area (Å²) in [5.41, 5.74) is 2.45. The summed E-state index contributed by atoms with van der Waals surface area (Å²) < 4.78 is 4.91. The van der Waals surface area contributed by atoms with Crippen molar-refractivity contribution in [2.75, 3.05) is 0 Å². The van der Waals surface area contributed by atoms with E-state index in [0.29, 0.717) is 5.75 Å². The highest BCUT2D eigenvalue weighted by molar-refractivity contribution is 6.10. The highest BCUT2D eigenvalue weighted by atomic mass is 35.5. The molecule has 0 radical (unpaired) electrons. The van der Waals surface area contributed by atoms with E-state index in [1.165, 1.54) is 12.8 Å². The fourth-order valence-corrected chi connectivity index (χ4v) is 3.09. The van der Waals surface area contributed by atoms with Crippen LogP contribution in [-0.4, -0.2) is 4.98 Å². The van der Waals surface area contributed by atoms with E-state index in [9.17, 15) is 0 Å². The minimum atomic E-state index is 0.209. The number of benzene rings is 1. The van der Waals surface area contributed by atoms with Crippen molar-refractivity contribution >= 4 is 22.8 Å². The molecule has 3 heteroatoms. The third kappa shape index (κ3) is 1.90. The van der Waals surface area contributed by atoms with Gasteiger partial charge in [-0.2, -0.15) is 0 Å². The Morgan fingerprint density at radius 2 is 1.89 bits per heavy atom. The van der Waals surface area contributed by atoms with E-state index >= 15 is 0 Å². The van der Waals surface area contributed by atoms with Crippen LogP contribution in [-0.2, 0) is 5.41 Å². The summed E-state index contributed by atoms with van der Waals surface area (Å²) in [6, 6.07) is 10.1. The number of para-hydroxylation sites is 1. The van der Waals surface area contributed by atoms with Gasteiger partial charge in [0.05, 0.1) is 0 Å². The van der Waals surface area contributed by atoms with E-state index in [0.717, 1.165) is 16.6 Å². The molecule has 3 rings (SSSR count). The van der Waals surface area contributed by atoms with Crippen LogP contribution in [0.3, 0.4) is 0 Å². The fraction of sp³-hybridized carbons (Fsp3) is 0.438. The molecule has 0 N–H and O–H groups in total. The Morgan fingerprint density at radius 3 is 2.47 bits per heavy atom. The molecule has 0 aliphatic heterocycles. The van der Waals surface area contributed by atoms with Gasteiger partial charge in [-0.1, -0.05) is 39.0 Å². The molecule has 2 aromatic rings. The summed E-state index contributed by atoms with van der Waals surface area (Å²) in [5, 5.41) is 1.06. The molecule has 2 nitrogen and oxygen atoms in total. The van der Waals surface area contributed by atoms with Crippen molar-refractivity contribution in [3.63, 3.8) is 0 Å². The molecular weight excluding hydrogens is 258 g/mol. The highest BCUT2D eigenvalue weighted by Crippen LogP contribution is 2.59. The van der Waals surface area contributed by atoms with E-state index in [-0.39, 0.29) is 10.8 Å². The normalized spacial score (nSPS) is 17.5. The highest BCUT2D eigenvalue weighted by Gasteiger charge is 2.54. The summed E-state index contributed by atoms with van der Waals surface area (Å²) in [6.07, 6.45) is 2.41. The summed E-state index contributed by atoms with van der Waals surface area (Å²) in [7, 11) is 0. The average molecular weight is 276 g/mol. The number of fused-ring (bicyclic) bond motifs is 1. The number of rotatable bonds is 2. The van der Waals surface area contributed by atoms with Crippen LogP contribution in [0, 0.1) is 5.41 Å². The van der Waals surface area contributed by atoms with Gasteiger partial charge in [0.15, 0.2) is 5.75 Å². The number of nitrogens with zero attached hydrogens (tertiary/aromatic N) is 1. The van der Waals surface area contributed by atoms with E-state index in [2.05, 4.69) is 32.9 Å². The molecule has 1 aromatic carbocycles. The third-order valence-electron chi connectivity index (χ3n) is 4.44. The van der Waals surface area contributed by atoms with Gasteiger partial charge in [0, 0.05) is 16.5 Å². The van der Waals surface area contributed by atoms with Gasteiger partial charge in [0.25, 0.3) is 0 Å². The van der Waals surface area contributed by atoms with Crippen molar-refractivity contribution in [3.8, 4) is 5.75 Å². The Bertz CT molecular complexity index is 626. The predicted molar refractivity (Wildman–Crippen MR) is 78.6 cm³/mol. The Hall–Kier alpha value is -1.28. The molecule has 0 saturated heterocycles. The topological polar surface area (TPSA) is 22.1 Å². The third-order valence-corrected chi connectivity index (χ3v) is 4.61. The second-order valence-electron chi connectivity index (χ2n) is 6.43. The minimum absolute atomic E-state index is 0.209. The Labute approximate surface area is 118 Å². The summed E-state index contributed by atoms with van der Waals surface area (Å²) >= 11 is 5.54. The van der Waals surface area contributed by atoms with Gasteiger partial charge in [-0.25, -0.2) is 4.98 Å². The molecule has 1 fully saturated rings. The Balaban J connectivity index is 2.17. The first-order valence-electron chi connectivity index (χ1n) is 6.67. The lowest BCUT2D eigenvalue weighted by atomic mass is 9.75. The second-order valence-corrected chi connectivity index (χ2v) is 6.59. The summed E-state index contributed by atoms with van der Waals surface area (Å²) in [5.74, 6) is 0.630. The molecule has 1 heterocycles. The van der Waals surface area contributed by atoms with Gasteiger partial charge in [-0.15, -0.1) is 0 Å². The SMILES string of the molecule is CC(C)(C)C1(c2ccc3cccc(OCl)c3n2)CC1. The molecule has 0 bridgehead atoms. The van der Waals surface area contributed by atoms with Gasteiger partial charge in [0.2, 0.25) is 0 Å². The first-order valence-corrected chi connectivity index (χ1v) is 6.98. The van der Waals surface area contributed by atoms with Crippen molar-refractivity contribution in [3.05, 3.63) is 36.0 Å². The molecule has 0 spiro atoms. The zero-order chi connectivity index (χ0) is 13.7. The van der Waals surface area contributed by atoms with Crippen molar-refractivity contribution in [1.29, 1.82) is 0 Å². The predicted octanol–water partition coefficient (Wildman–Crippen LogP) is 4.85. The molecule has 100 valence electrons. The Kier molecular flexibility index (Phi) is 2.75. The number of aromatic nitrogens is 1. The molecule has 0 amide bonds. The lowest BCUT2D eigenvalue weighted by molar-refractivity contribution is 0.293. The van der Waals surface area contributed by atoms with Gasteiger partial charge >= 0.3 is 0 Å². The van der Waals surface area contributed by atoms with Gasteiger partial charge in [-0.05, 0) is 30.4 Å². The van der Waals surface area contributed by atoms with Gasteiger partial charge in [0.1, 0.15) is 17.4 Å². The second kappa shape index (κ2) is 4.11. The molecule has 1 aromatic heterocycles. The number of hydrogen-bond donors (Lipinski definition) is 0. The van der Waals surface area contributed by atoms with Crippen LogP contribution in [0.2, 0.25) is 0 Å². The maximum Gasteiger partial charge on any atom is 0.172 e. The van der Waals surface area contributed by atoms with E-state index < -0.39 is 0 Å². The molecule has 0 atom stereocenters. The minimum Gasteiger partial charge on any atom is -0.383 e. The monoisotopic (exact) mass is 275 g/mol. The van der Waals surface area contributed by atoms with E-state index in [1.807, 2.05) is 18.2 Å². The number of halogens is 1. The largest absolute Gasteiger partial charge is 0.383 e. The van der Waals surface area contributed by atoms with Crippen molar-refractivity contribution in [2.45, 2.75) is 39.0 Å². The molecule has 1 aliphatic rings. The molecule has 1 saturated carbocycles. The van der Waals surface area contributed by atoms with Crippen molar-refractivity contribution < 1.29 is 4.29 Å². The zero-order valence-corrected chi connectivity index (χ0v) is 12.3. The zero-order valence-electron chi connectivity index (χ0n) is 11.5. The molecule has 0 unspecified atom stereocenters. The fourth-order valence-electron chi connectivity index (χ4n) is 2.96. The van der Waals surface area contributed by atoms with Crippen LogP contribution in [0.4, 0.5) is 0 Å². The standard InChI is InChI=1S/C16H18ClNO/c1-15(2,3)16(9-10-16)13-8-7-11-5-4-6-12(19-17)14(11)18-13/h4-8H,9-10H2,1-3H3. The molecule has 19 heavy (non-hydrogen) atoms. The lowest BCUT2D eigenvalue weighted by Gasteiger charge is -2.30. The Morgan fingerprint density at radius 1 is 1.16 bits per heavy atom. The van der Waals surface area contributed by atoms with Crippen LogP contribution < -0.4 is 4.29 Å². The maximum absolute atomic E-state index is 5.54. The molecule has 1 aliphatic carbocycles. The van der Waals surface area contributed by atoms with E-state index in [1.54, 1.807) is 0 Å². The molecular formula is C16H18ClNO. The van der Waals surface area contributed by atoms with Crippen LogP contribution in [0.15, 0.2) is 30.3 Å². The summed E-state index contributed by atoms with van der Waals surface area (Å²) in [6.45, 7) is 6.86. The van der Waals surface area contributed by atoms with Crippen molar-refractivity contribution in [1.82, 2.24) is 4.98 Å². The smallest absolute Gasteiger partial charge is 0.172 e. The first kappa shape index (κ1) is 12.7. The van der Waals surface area contributed by atoms with Gasteiger partial charge < -0.3 is 4.29 Å².